The predicted octanol–water partition coefficient (Wildman–Crippen LogP) is 1.22. The lowest BCUT2D eigenvalue weighted by molar-refractivity contribution is 0.577. The smallest absolute Gasteiger partial charge is 0.257 e. The molecule has 0 amide bonds. The number of sulfonamides is 1. The highest BCUT2D eigenvalue weighted by molar-refractivity contribution is 7.89. The van der Waals surface area contributed by atoms with Gasteiger partial charge >= 0.3 is 0 Å². The van der Waals surface area contributed by atoms with Gasteiger partial charge < -0.3 is 4.98 Å². The van der Waals surface area contributed by atoms with Gasteiger partial charge in [0.05, 0.1) is 23.4 Å². The lowest BCUT2D eigenvalue weighted by Gasteiger charge is -2.02. The van der Waals surface area contributed by atoms with Crippen LogP contribution in [-0.2, 0) is 23.0 Å². The molecular weight excluding hydrogens is 272 g/mol. The van der Waals surface area contributed by atoms with Crippen molar-refractivity contribution in [3.8, 4) is 0 Å². The Kier molecular flexibility index (Phi) is 3.79. The van der Waals surface area contributed by atoms with Crippen molar-refractivity contribution in [2.45, 2.75) is 31.8 Å². The fraction of sp³-hybridized carbons (Fsp3) is 0.400. The zero-order valence-electron chi connectivity index (χ0n) is 10.1. The third kappa shape index (κ3) is 2.95. The van der Waals surface area contributed by atoms with Gasteiger partial charge in [0.25, 0.3) is 10.0 Å². The van der Waals surface area contributed by atoms with Crippen LogP contribution in [0.15, 0.2) is 16.6 Å². The molecule has 2 aromatic rings. The van der Waals surface area contributed by atoms with E-state index in [-0.39, 0.29) is 11.6 Å². The van der Waals surface area contributed by atoms with Gasteiger partial charge in [-0.05, 0) is 6.92 Å². The van der Waals surface area contributed by atoms with Gasteiger partial charge in [-0.3, -0.25) is 0 Å². The molecule has 0 bridgehead atoms. The monoisotopic (exact) mass is 286 g/mol. The predicted molar refractivity (Wildman–Crippen MR) is 68.8 cm³/mol. The van der Waals surface area contributed by atoms with E-state index in [1.807, 2.05) is 19.2 Å². The van der Waals surface area contributed by atoms with Gasteiger partial charge in [0, 0.05) is 11.8 Å². The summed E-state index contributed by atoms with van der Waals surface area (Å²) in [6.45, 7) is 3.97. The number of hydrogen-bond acceptors (Lipinski definition) is 5. The summed E-state index contributed by atoms with van der Waals surface area (Å²) >= 11 is 1.49. The molecule has 98 valence electrons. The Morgan fingerprint density at radius 3 is 2.83 bits per heavy atom. The first-order valence-corrected chi connectivity index (χ1v) is 7.82. The first kappa shape index (κ1) is 13.2. The Bertz CT molecular complexity index is 630. The molecule has 0 saturated heterocycles. The molecule has 2 N–H and O–H groups in total. The molecule has 2 heterocycles. The molecule has 0 spiro atoms. The molecule has 0 fully saturated rings. The molecule has 2 aromatic heterocycles. The third-order valence-electron chi connectivity index (χ3n) is 2.34. The van der Waals surface area contributed by atoms with Crippen LogP contribution in [0.2, 0.25) is 0 Å². The van der Waals surface area contributed by atoms with E-state index < -0.39 is 10.0 Å². The van der Waals surface area contributed by atoms with Gasteiger partial charge in [0.15, 0.2) is 5.03 Å². The van der Waals surface area contributed by atoms with Gasteiger partial charge in [-0.2, -0.15) is 0 Å². The maximum absolute atomic E-state index is 11.9. The highest BCUT2D eigenvalue weighted by Crippen LogP contribution is 2.10. The second-order valence-corrected chi connectivity index (χ2v) is 6.53. The van der Waals surface area contributed by atoms with Gasteiger partial charge in [-0.1, -0.05) is 6.92 Å². The molecule has 0 aromatic carbocycles. The average Bonchev–Trinajstić information content (AvgIpc) is 2.95. The molecule has 2 rings (SSSR count). The normalized spacial score (nSPS) is 11.9. The first-order valence-electron chi connectivity index (χ1n) is 5.46. The average molecular weight is 286 g/mol. The van der Waals surface area contributed by atoms with Crippen LogP contribution in [0.5, 0.6) is 0 Å². The topological polar surface area (TPSA) is 87.7 Å². The summed E-state index contributed by atoms with van der Waals surface area (Å²) < 4.78 is 26.4. The minimum atomic E-state index is -3.54. The van der Waals surface area contributed by atoms with Crippen LogP contribution in [0.25, 0.3) is 0 Å². The van der Waals surface area contributed by atoms with Crippen LogP contribution in [0.3, 0.4) is 0 Å². The fourth-order valence-electron chi connectivity index (χ4n) is 1.40. The number of nitrogens with zero attached hydrogens (tertiary/aromatic N) is 2. The van der Waals surface area contributed by atoms with Crippen molar-refractivity contribution in [3.05, 3.63) is 28.1 Å². The van der Waals surface area contributed by atoms with Crippen LogP contribution in [0.4, 0.5) is 0 Å². The highest BCUT2D eigenvalue weighted by Gasteiger charge is 2.16. The second kappa shape index (κ2) is 5.17. The number of nitrogens with one attached hydrogen (secondary N) is 2. The molecule has 0 aliphatic heterocycles. The number of aryl methyl sites for hydroxylation is 2. The summed E-state index contributed by atoms with van der Waals surface area (Å²) in [6, 6.07) is 0. The van der Waals surface area contributed by atoms with Gasteiger partial charge in [-0.15, -0.1) is 11.3 Å². The molecule has 0 aliphatic rings. The number of thiazole rings is 1. The lowest BCUT2D eigenvalue weighted by Crippen LogP contribution is -2.23. The minimum absolute atomic E-state index is 0.0892. The van der Waals surface area contributed by atoms with Gasteiger partial charge in [0.1, 0.15) is 5.82 Å². The molecule has 0 saturated carbocycles. The van der Waals surface area contributed by atoms with E-state index in [1.54, 1.807) is 0 Å². The Morgan fingerprint density at radius 1 is 1.50 bits per heavy atom. The van der Waals surface area contributed by atoms with Crippen molar-refractivity contribution in [1.82, 2.24) is 19.7 Å². The first-order chi connectivity index (χ1) is 8.51. The van der Waals surface area contributed by atoms with Gasteiger partial charge in [0.2, 0.25) is 0 Å². The Morgan fingerprint density at radius 2 is 2.28 bits per heavy atom. The Labute approximate surface area is 110 Å². The molecule has 0 radical (unpaired) electrons. The van der Waals surface area contributed by atoms with E-state index in [2.05, 4.69) is 19.7 Å². The molecule has 6 nitrogen and oxygen atoms in total. The van der Waals surface area contributed by atoms with Crippen LogP contribution in [0, 0.1) is 6.92 Å². The van der Waals surface area contributed by atoms with Crippen LogP contribution in [-0.4, -0.2) is 23.4 Å². The van der Waals surface area contributed by atoms with E-state index in [0.29, 0.717) is 12.2 Å². The van der Waals surface area contributed by atoms with Crippen LogP contribution in [0.1, 0.15) is 23.4 Å². The zero-order chi connectivity index (χ0) is 13.2. The quantitative estimate of drug-likeness (QED) is 0.865. The number of rotatable bonds is 5. The van der Waals surface area contributed by atoms with E-state index in [9.17, 15) is 8.42 Å². The third-order valence-corrected chi connectivity index (χ3v) is 4.47. The Hall–Kier alpha value is -1.25. The highest BCUT2D eigenvalue weighted by atomic mass is 32.2. The summed E-state index contributed by atoms with van der Waals surface area (Å²) in [5, 5.41) is 2.84. The molecule has 18 heavy (non-hydrogen) atoms. The maximum atomic E-state index is 11.9. The SMILES string of the molecule is CCc1ncc(S(=O)(=O)NCc2csc(C)n2)[nH]1. The fourth-order valence-corrected chi connectivity index (χ4v) is 2.95. The summed E-state index contributed by atoms with van der Waals surface area (Å²) in [4.78, 5) is 10.9. The molecule has 8 heteroatoms. The molecule has 0 aliphatic carbocycles. The largest absolute Gasteiger partial charge is 0.332 e. The summed E-state index contributed by atoms with van der Waals surface area (Å²) in [5.41, 5.74) is 0.719. The van der Waals surface area contributed by atoms with Gasteiger partial charge in [-0.25, -0.2) is 23.1 Å². The summed E-state index contributed by atoms with van der Waals surface area (Å²) in [7, 11) is -3.54. The number of aromatic nitrogens is 3. The van der Waals surface area contributed by atoms with Crippen molar-refractivity contribution in [1.29, 1.82) is 0 Å². The summed E-state index contributed by atoms with van der Waals surface area (Å²) in [5.74, 6) is 0.653. The van der Waals surface area contributed by atoms with Crippen molar-refractivity contribution < 1.29 is 8.42 Å². The number of imidazole rings is 1. The van der Waals surface area contributed by atoms with Crippen molar-refractivity contribution in [3.63, 3.8) is 0 Å². The zero-order valence-corrected chi connectivity index (χ0v) is 11.7. The second-order valence-electron chi connectivity index (χ2n) is 3.73. The van der Waals surface area contributed by atoms with Crippen molar-refractivity contribution >= 4 is 21.4 Å². The molecule has 0 atom stereocenters. The molecular formula is C10H14N4O2S2. The molecule has 0 unspecified atom stereocenters. The van der Waals surface area contributed by atoms with Crippen LogP contribution < -0.4 is 4.72 Å². The summed E-state index contributed by atoms with van der Waals surface area (Å²) in [6.07, 6.45) is 1.99. The van der Waals surface area contributed by atoms with E-state index in [4.69, 9.17) is 0 Å². The van der Waals surface area contributed by atoms with E-state index >= 15 is 0 Å². The Balaban J connectivity index is 2.07. The maximum Gasteiger partial charge on any atom is 0.257 e. The number of hydrogen-bond donors (Lipinski definition) is 2. The van der Waals surface area contributed by atoms with Crippen molar-refractivity contribution in [2.75, 3.05) is 0 Å². The lowest BCUT2D eigenvalue weighted by atomic mass is 10.5. The number of H-pyrrole nitrogens is 1. The van der Waals surface area contributed by atoms with Crippen molar-refractivity contribution in [2.24, 2.45) is 0 Å². The van der Waals surface area contributed by atoms with E-state index in [0.717, 1.165) is 10.7 Å². The minimum Gasteiger partial charge on any atom is -0.332 e. The van der Waals surface area contributed by atoms with Crippen LogP contribution >= 0.6 is 11.3 Å². The van der Waals surface area contributed by atoms with E-state index in [1.165, 1.54) is 17.5 Å². The standard InChI is InChI=1S/C10H14N4O2S2/c1-3-9-11-5-10(14-9)18(15,16)12-4-8-6-17-7(2)13-8/h5-6,12H,3-4H2,1-2H3,(H,11,14). The number of aromatic amines is 1.